The van der Waals surface area contributed by atoms with Gasteiger partial charge in [-0.05, 0) is 19.1 Å². The second-order valence-corrected chi connectivity index (χ2v) is 4.05. The standard InChI is InChI=1S/C12H15N5O2/c1-7-10(6-17(2)16-7)15-11-8(13)4-5-9(14-11)12(18)19-3/h4-6H,13H2,1-3H3,(H,14,15). The molecule has 2 rings (SSSR count). The van der Waals surface area contributed by atoms with Crippen LogP contribution in [0.5, 0.6) is 0 Å². The molecule has 0 saturated carbocycles. The number of esters is 1. The van der Waals surface area contributed by atoms with Gasteiger partial charge in [0.1, 0.15) is 0 Å². The zero-order chi connectivity index (χ0) is 14.0. The number of aryl methyl sites for hydroxylation is 2. The van der Waals surface area contributed by atoms with E-state index in [1.165, 1.54) is 13.2 Å². The highest BCUT2D eigenvalue weighted by Gasteiger charge is 2.12. The Morgan fingerprint density at radius 2 is 2.21 bits per heavy atom. The predicted octanol–water partition coefficient (Wildman–Crippen LogP) is 1.24. The molecule has 19 heavy (non-hydrogen) atoms. The van der Waals surface area contributed by atoms with Crippen molar-refractivity contribution in [2.45, 2.75) is 6.92 Å². The van der Waals surface area contributed by atoms with Crippen molar-refractivity contribution in [2.75, 3.05) is 18.2 Å². The number of carbonyl (C=O) groups excluding carboxylic acids is 1. The van der Waals surface area contributed by atoms with E-state index in [-0.39, 0.29) is 5.69 Å². The number of anilines is 3. The minimum Gasteiger partial charge on any atom is -0.464 e. The third-order valence-corrected chi connectivity index (χ3v) is 2.59. The number of nitrogens with zero attached hydrogens (tertiary/aromatic N) is 3. The molecule has 0 radical (unpaired) electrons. The summed E-state index contributed by atoms with van der Waals surface area (Å²) in [6.07, 6.45) is 1.81. The van der Waals surface area contributed by atoms with Crippen LogP contribution >= 0.6 is 0 Å². The molecule has 0 unspecified atom stereocenters. The number of nitrogens with two attached hydrogens (primary N) is 1. The van der Waals surface area contributed by atoms with Crippen LogP contribution in [0.2, 0.25) is 0 Å². The van der Waals surface area contributed by atoms with Crippen molar-refractivity contribution in [3.63, 3.8) is 0 Å². The summed E-state index contributed by atoms with van der Waals surface area (Å²) in [6, 6.07) is 3.12. The summed E-state index contributed by atoms with van der Waals surface area (Å²) >= 11 is 0. The Morgan fingerprint density at radius 1 is 1.47 bits per heavy atom. The number of ether oxygens (including phenoxy) is 1. The second kappa shape index (κ2) is 4.97. The number of hydrogen-bond acceptors (Lipinski definition) is 6. The van der Waals surface area contributed by atoms with E-state index >= 15 is 0 Å². The summed E-state index contributed by atoms with van der Waals surface area (Å²) < 4.78 is 6.30. The van der Waals surface area contributed by atoms with Gasteiger partial charge < -0.3 is 15.8 Å². The van der Waals surface area contributed by atoms with E-state index in [1.807, 2.05) is 14.0 Å². The Kier molecular flexibility index (Phi) is 3.37. The average Bonchev–Trinajstić information content (AvgIpc) is 2.69. The van der Waals surface area contributed by atoms with Crippen LogP contribution in [-0.2, 0) is 11.8 Å². The van der Waals surface area contributed by atoms with Crippen molar-refractivity contribution in [1.82, 2.24) is 14.8 Å². The van der Waals surface area contributed by atoms with Crippen LogP contribution in [0.4, 0.5) is 17.2 Å². The molecule has 0 atom stereocenters. The molecule has 3 N–H and O–H groups in total. The summed E-state index contributed by atoms with van der Waals surface area (Å²) in [5, 5.41) is 7.26. The van der Waals surface area contributed by atoms with Gasteiger partial charge in [0.15, 0.2) is 11.5 Å². The smallest absolute Gasteiger partial charge is 0.356 e. The Balaban J connectivity index is 2.34. The molecule has 7 heteroatoms. The molecule has 0 aromatic carbocycles. The molecule has 2 heterocycles. The summed E-state index contributed by atoms with van der Waals surface area (Å²) in [5.41, 5.74) is 8.06. The van der Waals surface area contributed by atoms with E-state index in [1.54, 1.807) is 16.9 Å². The quantitative estimate of drug-likeness (QED) is 0.807. The molecule has 7 nitrogen and oxygen atoms in total. The highest BCUT2D eigenvalue weighted by Crippen LogP contribution is 2.23. The summed E-state index contributed by atoms with van der Waals surface area (Å²) in [7, 11) is 3.12. The number of carbonyl (C=O) groups is 1. The molecule has 2 aromatic heterocycles. The first-order valence-electron chi connectivity index (χ1n) is 5.63. The first-order valence-corrected chi connectivity index (χ1v) is 5.63. The lowest BCUT2D eigenvalue weighted by atomic mass is 10.3. The maximum Gasteiger partial charge on any atom is 0.356 e. The molecular formula is C12H15N5O2. The highest BCUT2D eigenvalue weighted by molar-refractivity contribution is 5.88. The number of nitrogen functional groups attached to an aromatic ring is 1. The van der Waals surface area contributed by atoms with Crippen LogP contribution in [0.3, 0.4) is 0 Å². The Bertz CT molecular complexity index is 621. The van der Waals surface area contributed by atoms with Gasteiger partial charge >= 0.3 is 5.97 Å². The lowest BCUT2D eigenvalue weighted by Crippen LogP contribution is -2.08. The van der Waals surface area contributed by atoms with Crippen LogP contribution in [0.15, 0.2) is 18.3 Å². The second-order valence-electron chi connectivity index (χ2n) is 4.05. The van der Waals surface area contributed by atoms with Crippen LogP contribution in [0, 0.1) is 6.92 Å². The van der Waals surface area contributed by atoms with E-state index < -0.39 is 5.97 Å². The molecule has 0 spiro atoms. The van der Waals surface area contributed by atoms with Gasteiger partial charge in [-0.1, -0.05) is 0 Å². The Morgan fingerprint density at radius 3 is 2.79 bits per heavy atom. The Hall–Kier alpha value is -2.57. The predicted molar refractivity (Wildman–Crippen MR) is 71.2 cm³/mol. The van der Waals surface area contributed by atoms with E-state index in [2.05, 4.69) is 20.1 Å². The van der Waals surface area contributed by atoms with Gasteiger partial charge in [-0.25, -0.2) is 9.78 Å². The third kappa shape index (κ3) is 2.65. The van der Waals surface area contributed by atoms with E-state index in [9.17, 15) is 4.79 Å². The molecule has 0 aliphatic heterocycles. The molecule has 2 aromatic rings. The van der Waals surface area contributed by atoms with Crippen LogP contribution in [0.25, 0.3) is 0 Å². The number of pyridine rings is 1. The van der Waals surface area contributed by atoms with Crippen LogP contribution in [0.1, 0.15) is 16.2 Å². The molecule has 0 aliphatic carbocycles. The number of aromatic nitrogens is 3. The minimum atomic E-state index is -0.508. The molecule has 100 valence electrons. The van der Waals surface area contributed by atoms with Crippen molar-refractivity contribution in [3.05, 3.63) is 29.7 Å². The van der Waals surface area contributed by atoms with Crippen LogP contribution < -0.4 is 11.1 Å². The number of methoxy groups -OCH3 is 1. The normalized spacial score (nSPS) is 10.3. The van der Waals surface area contributed by atoms with Gasteiger partial charge in [0.05, 0.1) is 24.2 Å². The van der Waals surface area contributed by atoms with Crippen molar-refractivity contribution in [1.29, 1.82) is 0 Å². The fourth-order valence-electron chi connectivity index (χ4n) is 1.64. The van der Waals surface area contributed by atoms with Gasteiger partial charge in [0.25, 0.3) is 0 Å². The average molecular weight is 261 g/mol. The lowest BCUT2D eigenvalue weighted by molar-refractivity contribution is 0.0594. The maximum absolute atomic E-state index is 11.4. The Labute approximate surface area is 110 Å². The van der Waals surface area contributed by atoms with Crippen molar-refractivity contribution in [2.24, 2.45) is 7.05 Å². The maximum atomic E-state index is 11.4. The van der Waals surface area contributed by atoms with Gasteiger partial charge in [-0.15, -0.1) is 0 Å². The zero-order valence-electron chi connectivity index (χ0n) is 11.0. The van der Waals surface area contributed by atoms with E-state index in [0.717, 1.165) is 11.4 Å². The largest absolute Gasteiger partial charge is 0.464 e. The molecule has 0 aliphatic rings. The minimum absolute atomic E-state index is 0.195. The monoisotopic (exact) mass is 261 g/mol. The first kappa shape index (κ1) is 12.9. The zero-order valence-corrected chi connectivity index (χ0v) is 11.0. The van der Waals surface area contributed by atoms with Crippen LogP contribution in [-0.4, -0.2) is 27.8 Å². The topological polar surface area (TPSA) is 95.1 Å². The van der Waals surface area contributed by atoms with Gasteiger partial charge in [-0.3, -0.25) is 4.68 Å². The first-order chi connectivity index (χ1) is 9.01. The lowest BCUT2D eigenvalue weighted by Gasteiger charge is -2.08. The number of nitrogens with one attached hydrogen (secondary N) is 1. The number of rotatable bonds is 3. The fraction of sp³-hybridized carbons (Fsp3) is 0.250. The SMILES string of the molecule is COC(=O)c1ccc(N)c(Nc2cn(C)nc2C)n1. The highest BCUT2D eigenvalue weighted by atomic mass is 16.5. The molecule has 0 fully saturated rings. The summed E-state index contributed by atoms with van der Waals surface area (Å²) in [5.74, 6) is -0.107. The molecule has 0 amide bonds. The van der Waals surface area contributed by atoms with Crippen molar-refractivity contribution in [3.8, 4) is 0 Å². The van der Waals surface area contributed by atoms with Crippen molar-refractivity contribution >= 4 is 23.2 Å². The number of hydrogen-bond donors (Lipinski definition) is 2. The molecule has 0 saturated heterocycles. The van der Waals surface area contributed by atoms with Gasteiger partial charge in [-0.2, -0.15) is 5.10 Å². The van der Waals surface area contributed by atoms with Gasteiger partial charge in [0.2, 0.25) is 0 Å². The summed E-state index contributed by atoms with van der Waals surface area (Å²) in [4.78, 5) is 15.6. The van der Waals surface area contributed by atoms with E-state index in [4.69, 9.17) is 5.73 Å². The molecule has 0 bridgehead atoms. The van der Waals surface area contributed by atoms with Crippen molar-refractivity contribution < 1.29 is 9.53 Å². The fourth-order valence-corrected chi connectivity index (χ4v) is 1.64. The van der Waals surface area contributed by atoms with Gasteiger partial charge in [0, 0.05) is 13.2 Å². The third-order valence-electron chi connectivity index (χ3n) is 2.59. The molecular weight excluding hydrogens is 246 g/mol. The summed E-state index contributed by atoms with van der Waals surface area (Å²) in [6.45, 7) is 1.86. The van der Waals surface area contributed by atoms with E-state index in [0.29, 0.717) is 11.5 Å².